The molecule has 0 aliphatic heterocycles. The first-order valence-corrected chi connectivity index (χ1v) is 9.00. The van der Waals surface area contributed by atoms with Gasteiger partial charge in [-0.1, -0.05) is 59.1 Å². The van der Waals surface area contributed by atoms with E-state index in [1.54, 1.807) is 12.1 Å². The van der Waals surface area contributed by atoms with Crippen LogP contribution in [0, 0.1) is 22.7 Å². The molecule has 0 atom stereocenters. The number of carbonyl (C=O) groups is 2. The molecule has 0 aromatic carbocycles. The van der Waals surface area contributed by atoms with Gasteiger partial charge in [-0.2, -0.15) is 10.5 Å². The summed E-state index contributed by atoms with van der Waals surface area (Å²) < 4.78 is 10.9. The van der Waals surface area contributed by atoms with Gasteiger partial charge < -0.3 is 9.47 Å². The number of nitrogens with zero attached hydrogens (tertiary/aromatic N) is 2. The molecule has 0 aromatic rings. The van der Waals surface area contributed by atoms with E-state index in [9.17, 15) is 9.59 Å². The lowest BCUT2D eigenvalue weighted by molar-refractivity contribution is -0.229. The van der Waals surface area contributed by atoms with E-state index in [1.807, 2.05) is 6.92 Å². The fourth-order valence-corrected chi connectivity index (χ4v) is 2.37. The van der Waals surface area contributed by atoms with Gasteiger partial charge in [0.1, 0.15) is 23.3 Å². The van der Waals surface area contributed by atoms with E-state index in [0.29, 0.717) is 25.7 Å². The molecule has 0 bridgehead atoms. The van der Waals surface area contributed by atoms with Crippen molar-refractivity contribution < 1.29 is 19.1 Å². The normalized spacial score (nSPS) is 10.3. The number of hydrogen-bond acceptors (Lipinski definition) is 6. The third-order valence-electron chi connectivity index (χ3n) is 3.89. The standard InChI is InChI=1S/C20H28N2O4/c1-5-7-9-11-13-20(12-10-8-6-2,25-18(23)16(3)14-21)26-19(24)17(4)15-22/h3-13H2,1-2H3. The Hall–Kier alpha value is -2.60. The Kier molecular flexibility index (Phi) is 11.4. The maximum atomic E-state index is 12.1. The van der Waals surface area contributed by atoms with Gasteiger partial charge in [0.05, 0.1) is 0 Å². The second-order valence-corrected chi connectivity index (χ2v) is 6.14. The zero-order valence-corrected chi connectivity index (χ0v) is 15.8. The van der Waals surface area contributed by atoms with E-state index in [1.165, 1.54) is 0 Å². The first kappa shape index (κ1) is 23.4. The van der Waals surface area contributed by atoms with E-state index < -0.39 is 17.7 Å². The van der Waals surface area contributed by atoms with Crippen LogP contribution in [0.15, 0.2) is 24.3 Å². The number of unbranched alkanes of at least 4 members (excludes halogenated alkanes) is 5. The maximum Gasteiger partial charge on any atom is 0.351 e. The summed E-state index contributed by atoms with van der Waals surface area (Å²) in [6.45, 7) is 10.8. The molecule has 26 heavy (non-hydrogen) atoms. The first-order chi connectivity index (χ1) is 12.4. The summed E-state index contributed by atoms with van der Waals surface area (Å²) in [5, 5.41) is 17.7. The summed E-state index contributed by atoms with van der Waals surface area (Å²) in [7, 11) is 0. The van der Waals surface area contributed by atoms with Crippen LogP contribution in [0.25, 0.3) is 0 Å². The van der Waals surface area contributed by atoms with Crippen LogP contribution in [0.2, 0.25) is 0 Å². The minimum absolute atomic E-state index is 0.294. The summed E-state index contributed by atoms with van der Waals surface area (Å²) >= 11 is 0. The topological polar surface area (TPSA) is 100 Å². The average molecular weight is 360 g/mol. The maximum absolute atomic E-state index is 12.1. The number of rotatable bonds is 13. The van der Waals surface area contributed by atoms with Crippen LogP contribution in [-0.2, 0) is 19.1 Å². The molecule has 0 aliphatic rings. The molecule has 0 heterocycles. The number of hydrogen-bond donors (Lipinski definition) is 0. The van der Waals surface area contributed by atoms with Crippen LogP contribution in [0.1, 0.15) is 71.6 Å². The van der Waals surface area contributed by atoms with E-state index in [2.05, 4.69) is 20.1 Å². The summed E-state index contributed by atoms with van der Waals surface area (Å²) in [4.78, 5) is 24.2. The highest BCUT2D eigenvalue weighted by Gasteiger charge is 2.39. The van der Waals surface area contributed by atoms with Crippen molar-refractivity contribution in [3.05, 3.63) is 24.3 Å². The summed E-state index contributed by atoms with van der Waals surface area (Å²) in [6, 6.07) is 3.28. The lowest BCUT2D eigenvalue weighted by atomic mass is 9.99. The number of ether oxygens (including phenoxy) is 2. The molecule has 0 saturated carbocycles. The molecule has 142 valence electrons. The van der Waals surface area contributed by atoms with Crippen molar-refractivity contribution in [2.45, 2.75) is 77.4 Å². The highest BCUT2D eigenvalue weighted by atomic mass is 16.7. The largest absolute Gasteiger partial charge is 0.418 e. The van der Waals surface area contributed by atoms with Crippen molar-refractivity contribution in [3.8, 4) is 12.1 Å². The van der Waals surface area contributed by atoms with Crippen molar-refractivity contribution >= 4 is 11.9 Å². The third-order valence-corrected chi connectivity index (χ3v) is 3.89. The molecule has 0 fully saturated rings. The molecule has 0 rings (SSSR count). The van der Waals surface area contributed by atoms with Crippen LogP contribution in [0.5, 0.6) is 0 Å². The van der Waals surface area contributed by atoms with E-state index in [-0.39, 0.29) is 11.1 Å². The monoisotopic (exact) mass is 360 g/mol. The van der Waals surface area contributed by atoms with Crippen molar-refractivity contribution in [2.75, 3.05) is 0 Å². The number of esters is 2. The van der Waals surface area contributed by atoms with Gasteiger partial charge in [0.25, 0.3) is 5.79 Å². The summed E-state index contributed by atoms with van der Waals surface area (Å²) in [5.41, 5.74) is -0.734. The SMILES string of the molecule is C=C(C#N)C(=O)OC(CCCCC)(CCCCCC)OC(=O)C(=C)C#N. The number of nitriles is 2. The van der Waals surface area contributed by atoms with Crippen LogP contribution in [-0.4, -0.2) is 17.7 Å². The highest BCUT2D eigenvalue weighted by molar-refractivity contribution is 5.93. The number of carbonyl (C=O) groups excluding carboxylic acids is 2. The molecule has 0 spiro atoms. The quantitative estimate of drug-likeness (QED) is 0.158. The van der Waals surface area contributed by atoms with Crippen LogP contribution in [0.3, 0.4) is 0 Å². The van der Waals surface area contributed by atoms with Crippen molar-refractivity contribution in [3.63, 3.8) is 0 Å². The zero-order valence-electron chi connectivity index (χ0n) is 15.8. The molecular weight excluding hydrogens is 332 g/mol. The molecular formula is C20H28N2O4. The molecule has 0 amide bonds. The fourth-order valence-electron chi connectivity index (χ4n) is 2.37. The van der Waals surface area contributed by atoms with Crippen LogP contribution in [0.4, 0.5) is 0 Å². The van der Waals surface area contributed by atoms with E-state index >= 15 is 0 Å². The second-order valence-electron chi connectivity index (χ2n) is 6.14. The predicted molar refractivity (Wildman–Crippen MR) is 97.3 cm³/mol. The molecule has 0 radical (unpaired) electrons. The summed E-state index contributed by atoms with van der Waals surface area (Å²) in [6.07, 6.45) is 6.66. The lowest BCUT2D eigenvalue weighted by Gasteiger charge is -2.33. The van der Waals surface area contributed by atoms with Gasteiger partial charge in [-0.15, -0.1) is 0 Å². The van der Waals surface area contributed by atoms with Crippen molar-refractivity contribution in [1.29, 1.82) is 10.5 Å². The zero-order chi connectivity index (χ0) is 20.0. The second kappa shape index (κ2) is 12.7. The Labute approximate surface area is 156 Å². The predicted octanol–water partition coefficient (Wildman–Crippen LogP) is 4.48. The van der Waals surface area contributed by atoms with Gasteiger partial charge in [-0.3, -0.25) is 0 Å². The Morgan fingerprint density at radius 2 is 1.19 bits per heavy atom. The van der Waals surface area contributed by atoms with Crippen molar-refractivity contribution in [1.82, 2.24) is 0 Å². The van der Waals surface area contributed by atoms with Crippen molar-refractivity contribution in [2.24, 2.45) is 0 Å². The molecule has 0 saturated heterocycles. The third kappa shape index (κ3) is 8.48. The minimum atomic E-state index is -1.52. The Morgan fingerprint density at radius 3 is 1.58 bits per heavy atom. The molecule has 6 nitrogen and oxygen atoms in total. The first-order valence-electron chi connectivity index (χ1n) is 9.00. The van der Waals surface area contributed by atoms with Gasteiger partial charge in [0, 0.05) is 12.8 Å². The average Bonchev–Trinajstić information content (AvgIpc) is 2.63. The molecule has 0 aromatic heterocycles. The lowest BCUT2D eigenvalue weighted by Crippen LogP contribution is -2.41. The van der Waals surface area contributed by atoms with Crippen LogP contribution >= 0.6 is 0 Å². The smallest absolute Gasteiger partial charge is 0.351 e. The van der Waals surface area contributed by atoms with Crippen LogP contribution < -0.4 is 0 Å². The summed E-state index contributed by atoms with van der Waals surface area (Å²) in [5.74, 6) is -3.36. The Morgan fingerprint density at radius 1 is 0.808 bits per heavy atom. The fraction of sp³-hybridized carbons (Fsp3) is 0.600. The van der Waals surface area contributed by atoms with Gasteiger partial charge in [-0.05, 0) is 12.8 Å². The molecule has 0 aliphatic carbocycles. The Balaban J connectivity index is 5.50. The molecule has 0 N–H and O–H groups in total. The Bertz CT molecular complexity index is 556. The minimum Gasteiger partial charge on any atom is -0.418 e. The molecule has 0 unspecified atom stereocenters. The van der Waals surface area contributed by atoms with Gasteiger partial charge in [0.15, 0.2) is 0 Å². The van der Waals surface area contributed by atoms with E-state index in [0.717, 1.165) is 32.1 Å². The highest BCUT2D eigenvalue weighted by Crippen LogP contribution is 2.30. The molecule has 6 heteroatoms. The van der Waals surface area contributed by atoms with Gasteiger partial charge in [-0.25, -0.2) is 9.59 Å². The van der Waals surface area contributed by atoms with E-state index in [4.69, 9.17) is 20.0 Å². The van der Waals surface area contributed by atoms with Gasteiger partial charge in [0.2, 0.25) is 0 Å². The van der Waals surface area contributed by atoms with Gasteiger partial charge >= 0.3 is 11.9 Å².